The van der Waals surface area contributed by atoms with E-state index < -0.39 is 41.2 Å². The number of hydrogen-bond acceptors (Lipinski definition) is 6. The van der Waals surface area contributed by atoms with Crippen molar-refractivity contribution in [1.82, 2.24) is 14.9 Å². The highest BCUT2D eigenvalue weighted by Gasteiger charge is 2.42. The predicted molar refractivity (Wildman–Crippen MR) is 138 cm³/mol. The minimum absolute atomic E-state index is 0.104. The number of likely N-dealkylation sites (tertiary alicyclic amines) is 1. The van der Waals surface area contributed by atoms with Crippen LogP contribution in [0.5, 0.6) is 0 Å². The Labute approximate surface area is 229 Å². The number of alkyl halides is 6. The maximum atomic E-state index is 13.6. The molecule has 0 saturated carbocycles. The van der Waals surface area contributed by atoms with Crippen LogP contribution < -0.4 is 10.6 Å². The molecule has 222 valence electrons. The van der Waals surface area contributed by atoms with Gasteiger partial charge in [0.1, 0.15) is 5.60 Å². The fraction of sp³-hybridized carbons (Fsp3) is 0.593. The van der Waals surface area contributed by atoms with Gasteiger partial charge in [-0.3, -0.25) is 0 Å². The van der Waals surface area contributed by atoms with Gasteiger partial charge in [-0.25, -0.2) is 14.8 Å². The second-order valence-corrected chi connectivity index (χ2v) is 11.0. The number of carbonyl (C=O) groups excluding carboxylic acids is 1. The summed E-state index contributed by atoms with van der Waals surface area (Å²) in [4.78, 5) is 24.9. The van der Waals surface area contributed by atoms with E-state index in [1.54, 1.807) is 30.6 Å². The highest BCUT2D eigenvalue weighted by molar-refractivity contribution is 5.69. The molecule has 1 aliphatic heterocycles. The lowest BCUT2D eigenvalue weighted by Crippen LogP contribution is -2.57. The van der Waals surface area contributed by atoms with Gasteiger partial charge < -0.3 is 20.3 Å². The van der Waals surface area contributed by atoms with E-state index in [0.29, 0.717) is 37.8 Å². The number of hydrogen-bond donors (Lipinski definition) is 1. The van der Waals surface area contributed by atoms with Gasteiger partial charge in [-0.05, 0) is 70.2 Å². The monoisotopic (exact) mass is 575 g/mol. The van der Waals surface area contributed by atoms with E-state index in [9.17, 15) is 31.1 Å². The number of benzene rings is 1. The normalized spacial score (nSPS) is 20.4. The van der Waals surface area contributed by atoms with Gasteiger partial charge in [0, 0.05) is 24.7 Å². The summed E-state index contributed by atoms with van der Waals surface area (Å²) >= 11 is 0. The van der Waals surface area contributed by atoms with Gasteiger partial charge in [0.05, 0.1) is 29.2 Å². The number of nitrogen functional groups attached to an aromatic ring is 1. The fourth-order valence-electron chi connectivity index (χ4n) is 4.99. The lowest BCUT2D eigenvalue weighted by molar-refractivity contribution is -0.143. The minimum Gasteiger partial charge on any atom is -0.444 e. The Morgan fingerprint density at radius 2 is 1.43 bits per heavy atom. The molecule has 1 aromatic carbocycles. The summed E-state index contributed by atoms with van der Waals surface area (Å²) < 4.78 is 87.0. The van der Waals surface area contributed by atoms with E-state index in [1.165, 1.54) is 12.4 Å². The number of rotatable bonds is 6. The molecule has 1 aliphatic rings. The first kappa shape index (κ1) is 31.3. The number of ether oxygens (including phenoxy) is 1. The first-order valence-electron chi connectivity index (χ1n) is 13.1. The lowest BCUT2D eigenvalue weighted by atomic mass is 9.87. The molecular formula is C27H35F6N5O2. The Morgan fingerprint density at radius 3 is 1.82 bits per heavy atom. The van der Waals surface area contributed by atoms with Crippen LogP contribution in [0.2, 0.25) is 0 Å². The molecule has 1 aromatic heterocycles. The maximum Gasteiger partial charge on any atom is 0.416 e. The summed E-state index contributed by atoms with van der Waals surface area (Å²) in [6.07, 6.45) is -5.88. The number of nitrogens with two attached hydrogens (primary N) is 1. The van der Waals surface area contributed by atoms with Crippen LogP contribution in [0.1, 0.15) is 77.0 Å². The van der Waals surface area contributed by atoms with Gasteiger partial charge in [0.25, 0.3) is 0 Å². The van der Waals surface area contributed by atoms with Gasteiger partial charge in [-0.2, -0.15) is 26.3 Å². The molecule has 0 unspecified atom stereocenters. The Morgan fingerprint density at radius 1 is 0.950 bits per heavy atom. The van der Waals surface area contributed by atoms with E-state index in [2.05, 4.69) is 9.97 Å². The zero-order valence-electron chi connectivity index (χ0n) is 23.1. The van der Waals surface area contributed by atoms with E-state index in [0.717, 1.165) is 0 Å². The SMILES string of the molecule is CC[C@@H]1C[C@H](N(Cc2cc(C(F)(F)F)cc(C(F)(F)F)c2)c2ncc(N)cn2)C[C@H](CC)N1C(=O)OC(C)(C)C. The molecule has 2 aromatic rings. The fourth-order valence-corrected chi connectivity index (χ4v) is 4.99. The van der Waals surface area contributed by atoms with Gasteiger partial charge in [-0.15, -0.1) is 0 Å². The summed E-state index contributed by atoms with van der Waals surface area (Å²) in [6.45, 7) is 8.80. The first-order valence-corrected chi connectivity index (χ1v) is 13.1. The van der Waals surface area contributed by atoms with Gasteiger partial charge >= 0.3 is 18.4 Å². The molecule has 1 saturated heterocycles. The van der Waals surface area contributed by atoms with Gasteiger partial charge in [0.15, 0.2) is 0 Å². The number of amides is 1. The Bertz CT molecular complexity index is 1120. The van der Waals surface area contributed by atoms with Crippen LogP contribution in [-0.2, 0) is 23.6 Å². The van der Waals surface area contributed by atoms with Crippen LogP contribution in [0.4, 0.5) is 42.8 Å². The van der Waals surface area contributed by atoms with Crippen molar-refractivity contribution in [3.05, 3.63) is 47.3 Å². The van der Waals surface area contributed by atoms with Crippen LogP contribution in [0.3, 0.4) is 0 Å². The summed E-state index contributed by atoms with van der Waals surface area (Å²) in [5.74, 6) is 0.112. The number of aromatic nitrogens is 2. The third kappa shape index (κ3) is 7.69. The molecule has 3 rings (SSSR count). The molecule has 2 heterocycles. The second kappa shape index (κ2) is 11.7. The van der Waals surface area contributed by atoms with Crippen molar-refractivity contribution in [3.63, 3.8) is 0 Å². The molecule has 13 heteroatoms. The number of piperidine rings is 1. The number of carbonyl (C=O) groups is 1. The van der Waals surface area contributed by atoms with Crippen LogP contribution in [0, 0.1) is 0 Å². The maximum absolute atomic E-state index is 13.6. The van der Waals surface area contributed by atoms with Crippen LogP contribution in [-0.4, -0.2) is 44.7 Å². The van der Waals surface area contributed by atoms with Crippen LogP contribution >= 0.6 is 0 Å². The van der Waals surface area contributed by atoms with E-state index >= 15 is 0 Å². The number of halogens is 6. The molecule has 0 aliphatic carbocycles. The van der Waals surface area contributed by atoms with Crippen molar-refractivity contribution >= 4 is 17.7 Å². The third-order valence-electron chi connectivity index (χ3n) is 6.78. The summed E-state index contributed by atoms with van der Waals surface area (Å²) in [6, 6.07) is 0.548. The number of nitrogens with zero attached hydrogens (tertiary/aromatic N) is 4. The molecule has 1 amide bonds. The molecule has 1 fully saturated rings. The third-order valence-corrected chi connectivity index (χ3v) is 6.78. The van der Waals surface area contributed by atoms with Gasteiger partial charge in [-0.1, -0.05) is 13.8 Å². The molecule has 3 atom stereocenters. The average Bonchev–Trinajstić information content (AvgIpc) is 2.84. The Kier molecular flexibility index (Phi) is 9.15. The summed E-state index contributed by atoms with van der Waals surface area (Å²) in [7, 11) is 0. The van der Waals surface area contributed by atoms with Crippen LogP contribution in [0.15, 0.2) is 30.6 Å². The Balaban J connectivity index is 2.05. The predicted octanol–water partition coefficient (Wildman–Crippen LogP) is 7.06. The highest BCUT2D eigenvalue weighted by atomic mass is 19.4. The van der Waals surface area contributed by atoms with Crippen molar-refractivity contribution in [2.75, 3.05) is 10.6 Å². The molecule has 2 N–H and O–H groups in total. The van der Waals surface area contributed by atoms with Crippen molar-refractivity contribution < 1.29 is 35.9 Å². The molecule has 7 nitrogen and oxygen atoms in total. The molecule has 40 heavy (non-hydrogen) atoms. The van der Waals surface area contributed by atoms with Crippen molar-refractivity contribution in [1.29, 1.82) is 0 Å². The Hall–Kier alpha value is -3.25. The van der Waals surface area contributed by atoms with Gasteiger partial charge in [0.2, 0.25) is 5.95 Å². The zero-order valence-corrected chi connectivity index (χ0v) is 23.1. The smallest absolute Gasteiger partial charge is 0.416 e. The topological polar surface area (TPSA) is 84.6 Å². The van der Waals surface area contributed by atoms with Crippen molar-refractivity contribution in [3.8, 4) is 0 Å². The standard InChI is InChI=1S/C27H35F6N5O2/c1-6-20-11-22(12-21(7-2)38(20)24(39)40-25(3,4)5)37(23-35-13-19(34)14-36-23)15-16-8-17(26(28,29)30)10-18(9-16)27(31,32)33/h8-10,13-14,20-22H,6-7,11-12,15,34H2,1-5H3/t20-,21+,22+. The minimum atomic E-state index is -4.97. The van der Waals surface area contributed by atoms with E-state index in [-0.39, 0.29) is 41.9 Å². The highest BCUT2D eigenvalue weighted by Crippen LogP contribution is 2.38. The molecule has 0 spiro atoms. The molecule has 0 bridgehead atoms. The zero-order chi connectivity index (χ0) is 30.0. The second-order valence-electron chi connectivity index (χ2n) is 11.0. The molecule has 0 radical (unpaired) electrons. The first-order chi connectivity index (χ1) is 18.4. The van der Waals surface area contributed by atoms with E-state index in [4.69, 9.17) is 10.5 Å². The summed E-state index contributed by atoms with van der Waals surface area (Å²) in [5, 5.41) is 0. The molecular weight excluding hydrogens is 540 g/mol. The quantitative estimate of drug-likeness (QED) is 0.371. The average molecular weight is 576 g/mol. The van der Waals surface area contributed by atoms with E-state index in [1.807, 2.05) is 13.8 Å². The lowest BCUT2D eigenvalue weighted by Gasteiger charge is -2.48. The van der Waals surface area contributed by atoms with Crippen molar-refractivity contribution in [2.45, 2.75) is 103 Å². The van der Waals surface area contributed by atoms with Crippen LogP contribution in [0.25, 0.3) is 0 Å². The number of anilines is 2. The summed E-state index contributed by atoms with van der Waals surface area (Å²) in [5.41, 5.74) is 2.28. The largest absolute Gasteiger partial charge is 0.444 e. The van der Waals surface area contributed by atoms with Crippen molar-refractivity contribution in [2.24, 2.45) is 0 Å².